The Kier molecular flexibility index (Phi) is 7.04. The van der Waals surface area contributed by atoms with Crippen LogP contribution in [0, 0.1) is 0 Å². The van der Waals surface area contributed by atoms with Gasteiger partial charge in [-0.15, -0.1) is 0 Å². The molecule has 34 heavy (non-hydrogen) atoms. The molecule has 1 unspecified atom stereocenters. The van der Waals surface area contributed by atoms with Crippen LogP contribution in [0.2, 0.25) is 0 Å². The summed E-state index contributed by atoms with van der Waals surface area (Å²) in [6, 6.07) is 20.1. The van der Waals surface area contributed by atoms with Crippen LogP contribution >= 0.6 is 0 Å². The van der Waals surface area contributed by atoms with Crippen molar-refractivity contribution in [3.8, 4) is 17.2 Å². The monoisotopic (exact) mass is 460 g/mol. The van der Waals surface area contributed by atoms with Gasteiger partial charge in [0.15, 0.2) is 0 Å². The van der Waals surface area contributed by atoms with Crippen LogP contribution in [-0.4, -0.2) is 32.5 Å². The Morgan fingerprint density at radius 2 is 1.50 bits per heavy atom. The third-order valence-electron chi connectivity index (χ3n) is 5.39. The number of nitrogens with one attached hydrogen (secondary N) is 2. The van der Waals surface area contributed by atoms with E-state index in [0.717, 1.165) is 28.4 Å². The molecule has 0 saturated heterocycles. The minimum atomic E-state index is -0.583. The van der Waals surface area contributed by atoms with Crippen LogP contribution in [0.3, 0.4) is 0 Å². The van der Waals surface area contributed by atoms with Crippen molar-refractivity contribution >= 4 is 23.5 Å². The number of benzene rings is 3. The smallest absolute Gasteiger partial charge is 0.323 e. The highest BCUT2D eigenvalue weighted by molar-refractivity contribution is 6.00. The standard InChI is InChI=1S/C27H28N2O5/c1-27(18-33-17-19-4-9-23(31-2)10-5-19)15-14-20-16-22(8-13-25(20)34-27)29-26(30)28-21-6-11-24(32-3)12-7-21/h4-16H,17-18H2,1-3H3,(H2,28,29,30). The van der Waals surface area contributed by atoms with Gasteiger partial charge in [0.05, 0.1) is 27.4 Å². The van der Waals surface area contributed by atoms with Crippen molar-refractivity contribution in [1.82, 2.24) is 0 Å². The maximum atomic E-state index is 12.4. The van der Waals surface area contributed by atoms with E-state index in [4.69, 9.17) is 18.9 Å². The summed E-state index contributed by atoms with van der Waals surface area (Å²) >= 11 is 0. The third kappa shape index (κ3) is 5.88. The summed E-state index contributed by atoms with van der Waals surface area (Å²) in [5.74, 6) is 2.28. The molecule has 1 aliphatic heterocycles. The van der Waals surface area contributed by atoms with Gasteiger partial charge in [0.2, 0.25) is 0 Å². The van der Waals surface area contributed by atoms with E-state index in [1.54, 1.807) is 38.5 Å². The van der Waals surface area contributed by atoms with Crippen molar-refractivity contribution in [3.05, 3.63) is 83.9 Å². The van der Waals surface area contributed by atoms with Gasteiger partial charge in [0.1, 0.15) is 22.8 Å². The van der Waals surface area contributed by atoms with Crippen LogP contribution < -0.4 is 24.8 Å². The molecule has 0 bridgehead atoms. The Labute approximate surface area is 199 Å². The lowest BCUT2D eigenvalue weighted by Crippen LogP contribution is -2.37. The topological polar surface area (TPSA) is 78.1 Å². The summed E-state index contributed by atoms with van der Waals surface area (Å²) in [5, 5.41) is 5.65. The first-order valence-electron chi connectivity index (χ1n) is 10.9. The predicted octanol–water partition coefficient (Wildman–Crippen LogP) is 5.73. The number of hydrogen-bond donors (Lipinski definition) is 2. The minimum Gasteiger partial charge on any atom is -0.497 e. The number of hydrogen-bond acceptors (Lipinski definition) is 5. The normalized spacial score (nSPS) is 16.2. The number of ether oxygens (including phenoxy) is 4. The van der Waals surface area contributed by atoms with Crippen LogP contribution in [0.25, 0.3) is 6.08 Å². The first kappa shape index (κ1) is 23.2. The first-order chi connectivity index (χ1) is 16.5. The molecule has 1 heterocycles. The van der Waals surface area contributed by atoms with E-state index >= 15 is 0 Å². The second kappa shape index (κ2) is 10.3. The maximum absolute atomic E-state index is 12.4. The van der Waals surface area contributed by atoms with Crippen molar-refractivity contribution in [2.75, 3.05) is 31.5 Å². The van der Waals surface area contributed by atoms with E-state index in [1.165, 1.54) is 0 Å². The highest BCUT2D eigenvalue weighted by atomic mass is 16.5. The van der Waals surface area contributed by atoms with Crippen molar-refractivity contribution in [2.45, 2.75) is 19.1 Å². The van der Waals surface area contributed by atoms with E-state index in [1.807, 2.05) is 61.5 Å². The van der Waals surface area contributed by atoms with Gasteiger partial charge in [-0.1, -0.05) is 18.2 Å². The second-order valence-electron chi connectivity index (χ2n) is 8.15. The number of urea groups is 1. The average molecular weight is 461 g/mol. The van der Waals surface area contributed by atoms with Crippen LogP contribution in [0.5, 0.6) is 17.2 Å². The molecule has 4 rings (SSSR count). The van der Waals surface area contributed by atoms with Gasteiger partial charge in [-0.2, -0.15) is 0 Å². The highest BCUT2D eigenvalue weighted by Gasteiger charge is 2.28. The van der Waals surface area contributed by atoms with E-state index in [9.17, 15) is 4.79 Å². The molecule has 0 aromatic heterocycles. The first-order valence-corrected chi connectivity index (χ1v) is 10.9. The number of anilines is 2. The quantitative estimate of drug-likeness (QED) is 0.449. The predicted molar refractivity (Wildman–Crippen MR) is 133 cm³/mol. The fourth-order valence-electron chi connectivity index (χ4n) is 3.54. The van der Waals surface area contributed by atoms with Crippen LogP contribution in [-0.2, 0) is 11.3 Å². The molecule has 176 valence electrons. The maximum Gasteiger partial charge on any atom is 0.323 e. The van der Waals surface area contributed by atoms with Crippen molar-refractivity contribution in [3.63, 3.8) is 0 Å². The van der Waals surface area contributed by atoms with Gasteiger partial charge in [-0.05, 0) is 73.2 Å². The summed E-state index contributed by atoms with van der Waals surface area (Å²) in [5.41, 5.74) is 2.70. The lowest BCUT2D eigenvalue weighted by Gasteiger charge is -2.31. The average Bonchev–Trinajstić information content (AvgIpc) is 2.85. The summed E-state index contributed by atoms with van der Waals surface area (Å²) in [6.07, 6.45) is 3.96. The Hall–Kier alpha value is -3.97. The van der Waals surface area contributed by atoms with Gasteiger partial charge in [-0.3, -0.25) is 0 Å². The van der Waals surface area contributed by atoms with Crippen LogP contribution in [0.1, 0.15) is 18.1 Å². The molecule has 7 nitrogen and oxygen atoms in total. The van der Waals surface area contributed by atoms with Crippen LogP contribution in [0.4, 0.5) is 16.2 Å². The molecule has 0 radical (unpaired) electrons. The van der Waals surface area contributed by atoms with Gasteiger partial charge in [0.25, 0.3) is 0 Å². The number of carbonyl (C=O) groups is 1. The molecule has 0 saturated carbocycles. The summed E-state index contributed by atoms with van der Waals surface area (Å²) < 4.78 is 22.4. The Morgan fingerprint density at radius 3 is 2.18 bits per heavy atom. The Bertz CT molecular complexity index is 1160. The van der Waals surface area contributed by atoms with E-state index < -0.39 is 5.60 Å². The zero-order valence-corrected chi connectivity index (χ0v) is 19.5. The van der Waals surface area contributed by atoms with E-state index in [2.05, 4.69) is 10.6 Å². The molecule has 2 amide bonds. The lowest BCUT2D eigenvalue weighted by atomic mass is 10.0. The number of carbonyl (C=O) groups excluding carboxylic acids is 1. The number of amides is 2. The largest absolute Gasteiger partial charge is 0.497 e. The SMILES string of the molecule is COc1ccc(COCC2(C)C=Cc3cc(NC(=O)Nc4ccc(OC)cc4)ccc3O2)cc1. The minimum absolute atomic E-state index is 0.331. The summed E-state index contributed by atoms with van der Waals surface area (Å²) in [6.45, 7) is 2.87. The highest BCUT2D eigenvalue weighted by Crippen LogP contribution is 2.33. The molecule has 3 aromatic carbocycles. The molecule has 0 spiro atoms. The number of fused-ring (bicyclic) bond motifs is 1. The Balaban J connectivity index is 1.31. The molecular weight excluding hydrogens is 432 g/mol. The van der Waals surface area contributed by atoms with Gasteiger partial charge < -0.3 is 29.6 Å². The molecule has 1 atom stereocenters. The Morgan fingerprint density at radius 1 is 0.882 bits per heavy atom. The molecular formula is C27H28N2O5. The number of methoxy groups -OCH3 is 2. The van der Waals surface area contributed by atoms with E-state index in [-0.39, 0.29) is 6.03 Å². The van der Waals surface area contributed by atoms with Crippen molar-refractivity contribution in [2.24, 2.45) is 0 Å². The summed E-state index contributed by atoms with van der Waals surface area (Å²) in [7, 11) is 3.24. The molecule has 3 aromatic rings. The third-order valence-corrected chi connectivity index (χ3v) is 5.39. The molecule has 1 aliphatic rings. The molecule has 0 aliphatic carbocycles. The fourth-order valence-corrected chi connectivity index (χ4v) is 3.54. The summed E-state index contributed by atoms with van der Waals surface area (Å²) in [4.78, 5) is 12.4. The lowest BCUT2D eigenvalue weighted by molar-refractivity contribution is 0.00631. The molecule has 0 fully saturated rings. The van der Waals surface area contributed by atoms with E-state index in [0.29, 0.717) is 24.6 Å². The van der Waals surface area contributed by atoms with Gasteiger partial charge >= 0.3 is 6.03 Å². The van der Waals surface area contributed by atoms with Crippen molar-refractivity contribution in [1.29, 1.82) is 0 Å². The second-order valence-corrected chi connectivity index (χ2v) is 8.15. The number of rotatable bonds is 8. The molecule has 7 heteroatoms. The molecule has 2 N–H and O–H groups in total. The zero-order chi connectivity index (χ0) is 24.0. The fraction of sp³-hybridized carbons (Fsp3) is 0.222. The van der Waals surface area contributed by atoms with Crippen LogP contribution in [0.15, 0.2) is 72.8 Å². The zero-order valence-electron chi connectivity index (χ0n) is 19.5. The van der Waals surface area contributed by atoms with Gasteiger partial charge in [-0.25, -0.2) is 4.79 Å². The van der Waals surface area contributed by atoms with Gasteiger partial charge in [0, 0.05) is 16.9 Å². The van der Waals surface area contributed by atoms with Crippen molar-refractivity contribution < 1.29 is 23.7 Å².